The number of amidine groups is 1. The summed E-state index contributed by atoms with van der Waals surface area (Å²) in [6.45, 7) is 3.67. The molecule has 0 aliphatic carbocycles. The largest absolute Gasteiger partial charge is 0.493 e. The highest BCUT2D eigenvalue weighted by Crippen LogP contribution is 2.45. The molecule has 4 rings (SSSR count). The van der Waals surface area contributed by atoms with E-state index in [1.807, 2.05) is 0 Å². The number of nitrogens with zero attached hydrogens (tertiary/aromatic N) is 2. The van der Waals surface area contributed by atoms with E-state index >= 15 is 0 Å². The normalized spacial score (nSPS) is 17.3. The average molecular weight is 566 g/mol. The van der Waals surface area contributed by atoms with Crippen molar-refractivity contribution in [3.63, 3.8) is 0 Å². The van der Waals surface area contributed by atoms with Crippen LogP contribution in [0.2, 0.25) is 10.0 Å². The summed E-state index contributed by atoms with van der Waals surface area (Å²) in [4.78, 5) is 24.9. The first-order valence-corrected chi connectivity index (χ1v) is 12.5. The zero-order valence-corrected chi connectivity index (χ0v) is 21.9. The molecule has 1 aliphatic heterocycles. The average Bonchev–Trinajstić information content (AvgIpc) is 3.28. The van der Waals surface area contributed by atoms with Crippen molar-refractivity contribution in [3.05, 3.63) is 99.0 Å². The van der Waals surface area contributed by atoms with Crippen molar-refractivity contribution in [2.24, 2.45) is 4.99 Å². The molecule has 0 saturated heterocycles. The zero-order chi connectivity index (χ0) is 27.4. The Kier molecular flexibility index (Phi) is 8.50. The highest BCUT2D eigenvalue weighted by Gasteiger charge is 2.44. The Balaban J connectivity index is 1.93. The van der Waals surface area contributed by atoms with Crippen LogP contribution < -0.4 is 10.2 Å². The molecule has 6 nitrogen and oxygen atoms in total. The summed E-state index contributed by atoms with van der Waals surface area (Å²) in [5.74, 6) is 0.0705. The lowest BCUT2D eigenvalue weighted by molar-refractivity contribution is -0.137. The van der Waals surface area contributed by atoms with Crippen molar-refractivity contribution < 1.29 is 27.5 Å². The third-order valence-corrected chi connectivity index (χ3v) is 6.37. The van der Waals surface area contributed by atoms with Crippen LogP contribution in [0, 0.1) is 0 Å². The van der Waals surface area contributed by atoms with Crippen LogP contribution in [-0.4, -0.2) is 30.0 Å². The van der Waals surface area contributed by atoms with E-state index in [1.165, 1.54) is 11.0 Å². The van der Waals surface area contributed by atoms with Gasteiger partial charge in [-0.1, -0.05) is 47.5 Å². The van der Waals surface area contributed by atoms with Crippen molar-refractivity contribution in [1.82, 2.24) is 10.4 Å². The number of benzene rings is 3. The Hall–Kier alpha value is -3.27. The molecule has 0 spiro atoms. The molecule has 0 fully saturated rings. The van der Waals surface area contributed by atoms with Gasteiger partial charge in [0, 0.05) is 10.0 Å². The number of carbonyl (C=O) groups excluding carboxylic acids is 1. The molecule has 3 aromatic carbocycles. The fourth-order valence-electron chi connectivity index (χ4n) is 4.21. The first kappa shape index (κ1) is 27.8. The maximum atomic E-state index is 13.5. The molecular weight excluding hydrogens is 542 g/mol. The Morgan fingerprint density at radius 2 is 1.55 bits per heavy atom. The van der Waals surface area contributed by atoms with E-state index in [2.05, 4.69) is 5.48 Å². The van der Waals surface area contributed by atoms with Crippen LogP contribution in [0.15, 0.2) is 71.7 Å². The maximum absolute atomic E-state index is 13.5. The van der Waals surface area contributed by atoms with E-state index in [0.717, 1.165) is 17.7 Å². The van der Waals surface area contributed by atoms with Gasteiger partial charge in [-0.25, -0.2) is 10.3 Å². The number of ether oxygens (including phenoxy) is 1. The number of hydrogen-bond donors (Lipinski definition) is 1. The maximum Gasteiger partial charge on any atom is 0.416 e. The smallest absolute Gasteiger partial charge is 0.416 e. The second-order valence-corrected chi connectivity index (χ2v) is 9.17. The quantitative estimate of drug-likeness (QED) is 0.300. The second kappa shape index (κ2) is 11.6. The fourth-order valence-corrected chi connectivity index (χ4v) is 4.46. The first-order valence-electron chi connectivity index (χ1n) is 11.8. The van der Waals surface area contributed by atoms with Crippen LogP contribution in [0.1, 0.15) is 48.2 Å². The monoisotopic (exact) mass is 565 g/mol. The SMILES string of the molecule is CCONC(=O)N1C(c2ccc(C(F)(F)F)cc2OCC)=NC(c2ccc(Cl)cc2)C1c1ccc(Cl)cc1. The van der Waals surface area contributed by atoms with E-state index in [1.54, 1.807) is 62.4 Å². The topological polar surface area (TPSA) is 63.2 Å². The number of aliphatic imine (C=N–C) groups is 1. The van der Waals surface area contributed by atoms with Crippen molar-refractivity contribution in [2.45, 2.75) is 32.1 Å². The van der Waals surface area contributed by atoms with E-state index in [9.17, 15) is 18.0 Å². The van der Waals surface area contributed by atoms with Gasteiger partial charge in [-0.05, 0) is 67.4 Å². The minimum absolute atomic E-state index is 0.0538. The molecule has 0 aromatic heterocycles. The minimum atomic E-state index is -4.58. The van der Waals surface area contributed by atoms with Gasteiger partial charge in [0.05, 0.1) is 30.4 Å². The molecular formula is C27H24Cl2F3N3O3. The molecule has 38 heavy (non-hydrogen) atoms. The molecule has 1 aliphatic rings. The summed E-state index contributed by atoms with van der Waals surface area (Å²) in [6, 6.07) is 15.0. The summed E-state index contributed by atoms with van der Waals surface area (Å²) in [5, 5.41) is 1.02. The van der Waals surface area contributed by atoms with Crippen LogP contribution in [0.3, 0.4) is 0 Å². The molecule has 2 unspecified atom stereocenters. The van der Waals surface area contributed by atoms with Gasteiger partial charge in [-0.15, -0.1) is 0 Å². The van der Waals surface area contributed by atoms with Crippen LogP contribution >= 0.6 is 23.2 Å². The van der Waals surface area contributed by atoms with Gasteiger partial charge in [-0.2, -0.15) is 13.2 Å². The van der Waals surface area contributed by atoms with Crippen LogP contribution in [0.25, 0.3) is 0 Å². The second-order valence-electron chi connectivity index (χ2n) is 8.30. The van der Waals surface area contributed by atoms with E-state index in [0.29, 0.717) is 15.6 Å². The van der Waals surface area contributed by atoms with Crippen molar-refractivity contribution in [3.8, 4) is 5.75 Å². The zero-order valence-electron chi connectivity index (χ0n) is 20.4. The van der Waals surface area contributed by atoms with Crippen LogP contribution in [0.4, 0.5) is 18.0 Å². The third kappa shape index (κ3) is 5.90. The van der Waals surface area contributed by atoms with Crippen molar-refractivity contribution >= 4 is 35.1 Å². The van der Waals surface area contributed by atoms with Crippen molar-refractivity contribution in [2.75, 3.05) is 13.2 Å². The molecule has 2 atom stereocenters. The number of alkyl halides is 3. The van der Waals surface area contributed by atoms with Gasteiger partial charge in [0.1, 0.15) is 17.6 Å². The summed E-state index contributed by atoms with van der Waals surface area (Å²) in [5.41, 5.74) is 3.18. The van der Waals surface area contributed by atoms with Gasteiger partial charge in [0.2, 0.25) is 0 Å². The molecule has 2 amide bonds. The molecule has 1 heterocycles. The number of hydrogen-bond acceptors (Lipinski definition) is 4. The van der Waals surface area contributed by atoms with E-state index in [-0.39, 0.29) is 30.4 Å². The Morgan fingerprint density at radius 3 is 2.11 bits per heavy atom. The van der Waals surface area contributed by atoms with Gasteiger partial charge in [0.25, 0.3) is 0 Å². The number of carbonyl (C=O) groups is 1. The number of urea groups is 1. The Morgan fingerprint density at radius 1 is 0.947 bits per heavy atom. The first-order chi connectivity index (χ1) is 18.1. The van der Waals surface area contributed by atoms with E-state index < -0.39 is 29.9 Å². The molecule has 11 heteroatoms. The standard InChI is InChI=1S/C27H24Cl2F3N3O3/c1-3-37-22-15-18(27(30,31)32)9-14-21(22)25-33-23(16-5-10-19(28)11-6-16)24(17-7-12-20(29)13-8-17)35(25)26(36)34-38-4-2/h5-15,23-24H,3-4H2,1-2H3,(H,34,36). The summed E-state index contributed by atoms with van der Waals surface area (Å²) in [7, 11) is 0. The number of rotatable bonds is 7. The lowest BCUT2D eigenvalue weighted by Crippen LogP contribution is -2.44. The molecule has 1 N–H and O–H groups in total. The highest BCUT2D eigenvalue weighted by atomic mass is 35.5. The van der Waals surface area contributed by atoms with E-state index in [4.69, 9.17) is 37.8 Å². The van der Waals surface area contributed by atoms with Crippen LogP contribution in [0.5, 0.6) is 5.75 Å². The van der Waals surface area contributed by atoms with Gasteiger partial charge in [0.15, 0.2) is 0 Å². The molecule has 0 saturated carbocycles. The predicted octanol–water partition coefficient (Wildman–Crippen LogP) is 7.62. The summed E-state index contributed by atoms with van der Waals surface area (Å²) < 4.78 is 46.1. The predicted molar refractivity (Wildman–Crippen MR) is 140 cm³/mol. The molecule has 0 bridgehead atoms. The number of amides is 2. The Bertz CT molecular complexity index is 1320. The number of hydroxylamine groups is 1. The van der Waals surface area contributed by atoms with Gasteiger partial charge in [-0.3, -0.25) is 14.7 Å². The lowest BCUT2D eigenvalue weighted by Gasteiger charge is -2.30. The molecule has 200 valence electrons. The van der Waals surface area contributed by atoms with Crippen molar-refractivity contribution in [1.29, 1.82) is 0 Å². The van der Waals surface area contributed by atoms with Gasteiger partial charge >= 0.3 is 12.2 Å². The Labute approximate surface area is 227 Å². The summed E-state index contributed by atoms with van der Waals surface area (Å²) in [6.07, 6.45) is -4.58. The fraction of sp³-hybridized carbons (Fsp3) is 0.259. The molecule has 3 aromatic rings. The third-order valence-electron chi connectivity index (χ3n) is 5.86. The highest BCUT2D eigenvalue weighted by molar-refractivity contribution is 6.30. The minimum Gasteiger partial charge on any atom is -0.493 e. The lowest BCUT2D eigenvalue weighted by atomic mass is 9.94. The summed E-state index contributed by atoms with van der Waals surface area (Å²) >= 11 is 12.2. The number of nitrogens with one attached hydrogen (secondary N) is 1. The number of halogens is 5. The molecule has 0 radical (unpaired) electrons. The van der Waals surface area contributed by atoms with Crippen LogP contribution in [-0.2, 0) is 11.0 Å². The van der Waals surface area contributed by atoms with Gasteiger partial charge < -0.3 is 4.74 Å².